The number of ether oxygens (including phenoxy) is 1. The highest BCUT2D eigenvalue weighted by atomic mass is 35.5. The molecule has 2 saturated heterocycles. The Morgan fingerprint density at radius 2 is 1.88 bits per heavy atom. The zero-order valence-electron chi connectivity index (χ0n) is 18.0. The van der Waals surface area contributed by atoms with Crippen molar-refractivity contribution in [1.29, 1.82) is 0 Å². The smallest absolute Gasteiger partial charge is 0.222 e. The van der Waals surface area contributed by atoms with Gasteiger partial charge in [0.15, 0.2) is 0 Å². The van der Waals surface area contributed by atoms with Crippen LogP contribution in [-0.2, 0) is 16.0 Å². The van der Waals surface area contributed by atoms with Crippen LogP contribution < -0.4 is 10.1 Å². The molecular formula is C25H28ClFN2O3. The molecule has 0 saturated carbocycles. The highest BCUT2D eigenvalue weighted by molar-refractivity contribution is 6.32. The minimum Gasteiger partial charge on any atom is -0.489 e. The molecule has 5 nitrogen and oxygen atoms in total. The number of carbonyl (C=O) groups is 2. The third-order valence-electron chi connectivity index (χ3n) is 6.43. The highest BCUT2D eigenvalue weighted by Gasteiger charge is 2.38. The number of piperidine rings is 1. The number of halogens is 2. The standard InChI is InChI=1S/C25H28ClFN2O3/c26-21-3-1-2-4-22(21)32-20-11-15-29(16-12-20)24(31)10-14-25(13-9-23(30)28-25)17-18-5-7-19(27)8-6-18/h1-8,20H,9-17H2,(H,28,30)/t25-/m1/s1. The molecule has 2 amide bonds. The molecule has 170 valence electrons. The number of rotatable bonds is 7. The average Bonchev–Trinajstić information content (AvgIpc) is 3.16. The van der Waals surface area contributed by atoms with Gasteiger partial charge in [0.2, 0.25) is 11.8 Å². The summed E-state index contributed by atoms with van der Waals surface area (Å²) in [5, 5.41) is 3.69. The Balaban J connectivity index is 1.29. The maximum Gasteiger partial charge on any atom is 0.222 e. The number of nitrogens with zero attached hydrogens (tertiary/aromatic N) is 1. The summed E-state index contributed by atoms with van der Waals surface area (Å²) in [6.07, 6.45) is 4.24. The SMILES string of the molecule is O=C1CC[C@@](CCC(=O)N2CCC(Oc3ccccc3Cl)CC2)(Cc2ccc(F)cc2)N1. The lowest BCUT2D eigenvalue weighted by Gasteiger charge is -2.34. The molecule has 0 bridgehead atoms. The summed E-state index contributed by atoms with van der Waals surface area (Å²) in [4.78, 5) is 26.7. The van der Waals surface area contributed by atoms with E-state index in [1.165, 1.54) is 12.1 Å². The number of para-hydroxylation sites is 1. The van der Waals surface area contributed by atoms with E-state index in [0.29, 0.717) is 56.0 Å². The number of likely N-dealkylation sites (tertiary alicyclic amines) is 1. The number of carbonyl (C=O) groups excluding carboxylic acids is 2. The van der Waals surface area contributed by atoms with Crippen molar-refractivity contribution in [2.45, 2.75) is 56.6 Å². The fourth-order valence-electron chi connectivity index (χ4n) is 4.62. The van der Waals surface area contributed by atoms with Crippen molar-refractivity contribution < 1.29 is 18.7 Å². The molecule has 7 heteroatoms. The Bertz CT molecular complexity index is 960. The van der Waals surface area contributed by atoms with Gasteiger partial charge in [-0.25, -0.2) is 4.39 Å². The van der Waals surface area contributed by atoms with Crippen LogP contribution in [0.2, 0.25) is 5.02 Å². The summed E-state index contributed by atoms with van der Waals surface area (Å²) >= 11 is 6.18. The lowest BCUT2D eigenvalue weighted by molar-refractivity contribution is -0.133. The van der Waals surface area contributed by atoms with Crippen LogP contribution in [-0.4, -0.2) is 41.4 Å². The summed E-state index contributed by atoms with van der Waals surface area (Å²) in [5.41, 5.74) is 0.509. The van der Waals surface area contributed by atoms with E-state index in [2.05, 4.69) is 5.32 Å². The second-order valence-corrected chi connectivity index (χ2v) is 9.17. The van der Waals surface area contributed by atoms with Crippen LogP contribution in [0.25, 0.3) is 0 Å². The minimum absolute atomic E-state index is 0.0112. The number of nitrogens with one attached hydrogen (secondary N) is 1. The highest BCUT2D eigenvalue weighted by Crippen LogP contribution is 2.31. The zero-order valence-corrected chi connectivity index (χ0v) is 18.7. The summed E-state index contributed by atoms with van der Waals surface area (Å²) in [5.74, 6) is 0.506. The predicted octanol–water partition coefficient (Wildman–Crippen LogP) is 4.52. The minimum atomic E-state index is -0.448. The van der Waals surface area contributed by atoms with E-state index in [9.17, 15) is 14.0 Å². The average molecular weight is 459 g/mol. The van der Waals surface area contributed by atoms with E-state index >= 15 is 0 Å². The molecule has 2 aliphatic heterocycles. The molecule has 0 spiro atoms. The quantitative estimate of drug-likeness (QED) is 0.663. The van der Waals surface area contributed by atoms with Gasteiger partial charge in [-0.05, 0) is 49.1 Å². The van der Waals surface area contributed by atoms with E-state index in [1.54, 1.807) is 18.2 Å². The van der Waals surface area contributed by atoms with Crippen LogP contribution in [0.3, 0.4) is 0 Å². The largest absolute Gasteiger partial charge is 0.489 e. The Labute approximate surface area is 192 Å². The Morgan fingerprint density at radius 3 is 2.53 bits per heavy atom. The topological polar surface area (TPSA) is 58.6 Å². The Morgan fingerprint density at radius 1 is 1.16 bits per heavy atom. The van der Waals surface area contributed by atoms with E-state index in [0.717, 1.165) is 18.4 Å². The summed E-state index contributed by atoms with van der Waals surface area (Å²) in [6, 6.07) is 13.8. The van der Waals surface area contributed by atoms with Gasteiger partial charge in [-0.15, -0.1) is 0 Å². The Hall–Kier alpha value is -2.60. The normalized spacial score (nSPS) is 21.4. The first kappa shape index (κ1) is 22.6. The van der Waals surface area contributed by atoms with Gasteiger partial charge in [-0.1, -0.05) is 35.9 Å². The number of hydrogen-bond acceptors (Lipinski definition) is 3. The van der Waals surface area contributed by atoms with E-state index in [1.807, 2.05) is 23.1 Å². The van der Waals surface area contributed by atoms with Gasteiger partial charge >= 0.3 is 0 Å². The summed E-state index contributed by atoms with van der Waals surface area (Å²) < 4.78 is 19.3. The fraction of sp³-hybridized carbons (Fsp3) is 0.440. The van der Waals surface area contributed by atoms with Gasteiger partial charge in [0.05, 0.1) is 5.02 Å². The van der Waals surface area contributed by atoms with E-state index in [4.69, 9.17) is 16.3 Å². The van der Waals surface area contributed by atoms with Gasteiger partial charge < -0.3 is 15.0 Å². The molecule has 0 unspecified atom stereocenters. The van der Waals surface area contributed by atoms with Crippen LogP contribution in [0.5, 0.6) is 5.75 Å². The van der Waals surface area contributed by atoms with Gasteiger partial charge in [0, 0.05) is 44.3 Å². The summed E-state index contributed by atoms with van der Waals surface area (Å²) in [7, 11) is 0. The molecular weight excluding hydrogens is 431 g/mol. The van der Waals surface area contributed by atoms with Gasteiger partial charge in [0.25, 0.3) is 0 Å². The molecule has 2 heterocycles. The van der Waals surface area contributed by atoms with Crippen molar-refractivity contribution in [1.82, 2.24) is 10.2 Å². The molecule has 0 radical (unpaired) electrons. The molecule has 32 heavy (non-hydrogen) atoms. The third-order valence-corrected chi connectivity index (χ3v) is 6.75. The molecule has 1 N–H and O–H groups in total. The molecule has 2 aliphatic rings. The first-order valence-electron chi connectivity index (χ1n) is 11.2. The van der Waals surface area contributed by atoms with Crippen LogP contribution in [0.1, 0.15) is 44.1 Å². The maximum absolute atomic E-state index is 13.3. The monoisotopic (exact) mass is 458 g/mol. The Kier molecular flexibility index (Phi) is 6.99. The van der Waals surface area contributed by atoms with Crippen LogP contribution in [0.15, 0.2) is 48.5 Å². The van der Waals surface area contributed by atoms with Crippen LogP contribution in [0, 0.1) is 5.82 Å². The van der Waals surface area contributed by atoms with Gasteiger partial charge in [-0.3, -0.25) is 9.59 Å². The second kappa shape index (κ2) is 9.90. The lowest BCUT2D eigenvalue weighted by atomic mass is 9.84. The number of hydrogen-bond donors (Lipinski definition) is 1. The molecule has 2 aromatic rings. The van der Waals surface area contributed by atoms with Crippen LogP contribution >= 0.6 is 11.6 Å². The maximum atomic E-state index is 13.3. The second-order valence-electron chi connectivity index (χ2n) is 8.76. The van der Waals surface area contributed by atoms with Crippen molar-refractivity contribution in [2.75, 3.05) is 13.1 Å². The first-order valence-corrected chi connectivity index (χ1v) is 11.5. The van der Waals surface area contributed by atoms with Crippen molar-refractivity contribution >= 4 is 23.4 Å². The first-order chi connectivity index (χ1) is 15.4. The van der Waals surface area contributed by atoms with E-state index in [-0.39, 0.29) is 23.7 Å². The van der Waals surface area contributed by atoms with Gasteiger partial charge in [0.1, 0.15) is 17.7 Å². The molecule has 1 atom stereocenters. The lowest BCUT2D eigenvalue weighted by Crippen LogP contribution is -2.46. The van der Waals surface area contributed by atoms with E-state index < -0.39 is 5.54 Å². The molecule has 4 rings (SSSR count). The fourth-order valence-corrected chi connectivity index (χ4v) is 4.80. The van der Waals surface area contributed by atoms with Crippen molar-refractivity contribution in [3.8, 4) is 5.75 Å². The van der Waals surface area contributed by atoms with Gasteiger partial charge in [-0.2, -0.15) is 0 Å². The molecule has 2 aromatic carbocycles. The molecule has 2 fully saturated rings. The zero-order chi connectivity index (χ0) is 22.6. The number of amides is 2. The van der Waals surface area contributed by atoms with Crippen LogP contribution in [0.4, 0.5) is 4.39 Å². The third kappa shape index (κ3) is 5.60. The van der Waals surface area contributed by atoms with Crippen molar-refractivity contribution in [3.63, 3.8) is 0 Å². The summed E-state index contributed by atoms with van der Waals surface area (Å²) in [6.45, 7) is 1.29. The van der Waals surface area contributed by atoms with Crippen molar-refractivity contribution in [2.24, 2.45) is 0 Å². The van der Waals surface area contributed by atoms with Crippen molar-refractivity contribution in [3.05, 3.63) is 64.9 Å². The number of benzene rings is 2. The predicted molar refractivity (Wildman–Crippen MR) is 121 cm³/mol. The molecule has 0 aliphatic carbocycles. The molecule has 0 aromatic heterocycles.